The molecule has 2 rings (SSSR count). The molecule has 3 N–H and O–H groups in total. The third kappa shape index (κ3) is 1.91. The Hall–Kier alpha value is -1.26. The first-order chi connectivity index (χ1) is 6.36. The number of nitrogens with zero attached hydrogens (tertiary/aromatic N) is 3. The number of hydrogen-bond donors (Lipinski definition) is 2. The van der Waals surface area contributed by atoms with Crippen molar-refractivity contribution in [1.82, 2.24) is 15.2 Å². The predicted octanol–water partition coefficient (Wildman–Crippen LogP) is 0.767. The number of aromatic amines is 1. The van der Waals surface area contributed by atoms with E-state index in [-0.39, 0.29) is 0 Å². The van der Waals surface area contributed by atoms with Gasteiger partial charge >= 0.3 is 0 Å². The van der Waals surface area contributed by atoms with E-state index < -0.39 is 0 Å². The highest BCUT2D eigenvalue weighted by Crippen LogP contribution is 2.15. The number of nitrogens with one attached hydrogen (secondary N) is 1. The van der Waals surface area contributed by atoms with Crippen molar-refractivity contribution in [2.45, 2.75) is 25.7 Å². The average molecular weight is 181 g/mol. The van der Waals surface area contributed by atoms with E-state index in [9.17, 15) is 0 Å². The van der Waals surface area contributed by atoms with Gasteiger partial charge in [0.1, 0.15) is 0 Å². The molecule has 0 aliphatic carbocycles. The number of rotatable bonds is 1. The number of nitrogen functional groups attached to an aromatic ring is 1. The maximum Gasteiger partial charge on any atom is 0.246 e. The van der Waals surface area contributed by atoms with Gasteiger partial charge in [0, 0.05) is 13.1 Å². The van der Waals surface area contributed by atoms with Crippen LogP contribution in [0.4, 0.5) is 11.9 Å². The van der Waals surface area contributed by atoms with Crippen molar-refractivity contribution in [1.29, 1.82) is 0 Å². The molecule has 0 bridgehead atoms. The smallest absolute Gasteiger partial charge is 0.246 e. The van der Waals surface area contributed by atoms with Gasteiger partial charge in [0.05, 0.1) is 0 Å². The fraction of sp³-hybridized carbons (Fsp3) is 0.750. The van der Waals surface area contributed by atoms with Crippen molar-refractivity contribution < 1.29 is 0 Å². The lowest BCUT2D eigenvalue weighted by Gasteiger charge is -2.17. The van der Waals surface area contributed by atoms with Gasteiger partial charge < -0.3 is 10.6 Å². The van der Waals surface area contributed by atoms with Crippen LogP contribution in [-0.4, -0.2) is 28.3 Å². The van der Waals surface area contributed by atoms with Crippen LogP contribution in [0.5, 0.6) is 0 Å². The Labute approximate surface area is 77.3 Å². The highest BCUT2D eigenvalue weighted by Gasteiger charge is 2.13. The first-order valence-corrected chi connectivity index (χ1v) is 4.79. The minimum absolute atomic E-state index is 0.402. The van der Waals surface area contributed by atoms with Gasteiger partial charge in [-0.1, -0.05) is 12.8 Å². The molecule has 1 aliphatic rings. The standard InChI is InChI=1S/C8H15N5/c9-7-10-8(12-11-7)13-5-3-1-2-4-6-13/h1-6H2,(H3,9,10,11,12). The summed E-state index contributed by atoms with van der Waals surface area (Å²) in [6, 6.07) is 0. The van der Waals surface area contributed by atoms with Crippen LogP contribution in [0.25, 0.3) is 0 Å². The minimum atomic E-state index is 0.402. The van der Waals surface area contributed by atoms with Gasteiger partial charge in [0.2, 0.25) is 11.9 Å². The molecule has 1 saturated heterocycles. The van der Waals surface area contributed by atoms with Crippen LogP contribution in [0.3, 0.4) is 0 Å². The van der Waals surface area contributed by atoms with Gasteiger partial charge in [-0.25, -0.2) is 5.10 Å². The maximum atomic E-state index is 5.47. The fourth-order valence-corrected chi connectivity index (χ4v) is 1.68. The molecular formula is C8H15N5. The average Bonchev–Trinajstić information content (AvgIpc) is 2.43. The number of hydrogen-bond acceptors (Lipinski definition) is 4. The van der Waals surface area contributed by atoms with E-state index in [0.717, 1.165) is 19.0 Å². The second-order valence-corrected chi connectivity index (χ2v) is 3.42. The van der Waals surface area contributed by atoms with Gasteiger partial charge in [-0.3, -0.25) is 0 Å². The van der Waals surface area contributed by atoms with Crippen LogP contribution in [0.2, 0.25) is 0 Å². The summed E-state index contributed by atoms with van der Waals surface area (Å²) in [7, 11) is 0. The predicted molar refractivity (Wildman–Crippen MR) is 51.5 cm³/mol. The second kappa shape index (κ2) is 3.64. The Morgan fingerprint density at radius 3 is 2.38 bits per heavy atom. The molecule has 1 aromatic rings. The van der Waals surface area contributed by atoms with Crippen LogP contribution in [-0.2, 0) is 0 Å². The molecule has 0 radical (unpaired) electrons. The molecule has 1 aliphatic heterocycles. The highest BCUT2D eigenvalue weighted by atomic mass is 15.4. The van der Waals surface area contributed by atoms with Crippen LogP contribution < -0.4 is 10.6 Å². The molecule has 5 nitrogen and oxygen atoms in total. The van der Waals surface area contributed by atoms with Crippen LogP contribution in [0.1, 0.15) is 25.7 Å². The molecule has 0 amide bonds. The molecular weight excluding hydrogens is 166 g/mol. The van der Waals surface area contributed by atoms with Crippen molar-refractivity contribution in [3.63, 3.8) is 0 Å². The molecule has 13 heavy (non-hydrogen) atoms. The number of nitrogens with two attached hydrogens (primary N) is 1. The van der Waals surface area contributed by atoms with Gasteiger partial charge in [0.25, 0.3) is 0 Å². The molecule has 5 heteroatoms. The van der Waals surface area contributed by atoms with E-state index in [2.05, 4.69) is 20.1 Å². The lowest BCUT2D eigenvalue weighted by molar-refractivity contribution is 0.726. The molecule has 1 aromatic heterocycles. The number of anilines is 2. The van der Waals surface area contributed by atoms with Gasteiger partial charge in [-0.05, 0) is 12.8 Å². The topological polar surface area (TPSA) is 70.8 Å². The minimum Gasteiger partial charge on any atom is -0.368 e. The Kier molecular flexibility index (Phi) is 2.33. The van der Waals surface area contributed by atoms with Crippen LogP contribution >= 0.6 is 0 Å². The first-order valence-electron chi connectivity index (χ1n) is 4.79. The molecule has 0 aromatic carbocycles. The largest absolute Gasteiger partial charge is 0.368 e. The molecule has 0 unspecified atom stereocenters. The normalized spacial score (nSPS) is 18.6. The zero-order valence-electron chi connectivity index (χ0n) is 7.66. The van der Waals surface area contributed by atoms with Crippen LogP contribution in [0.15, 0.2) is 0 Å². The fourth-order valence-electron chi connectivity index (χ4n) is 1.68. The molecule has 0 spiro atoms. The van der Waals surface area contributed by atoms with Gasteiger partial charge in [-0.2, -0.15) is 4.98 Å². The first kappa shape index (κ1) is 8.34. The lowest BCUT2D eigenvalue weighted by Crippen LogP contribution is -2.25. The van der Waals surface area contributed by atoms with E-state index in [0.29, 0.717) is 5.95 Å². The summed E-state index contributed by atoms with van der Waals surface area (Å²) >= 11 is 0. The van der Waals surface area contributed by atoms with Crippen molar-refractivity contribution >= 4 is 11.9 Å². The van der Waals surface area contributed by atoms with Gasteiger partial charge in [-0.15, -0.1) is 5.10 Å². The Bertz CT molecular complexity index is 261. The molecule has 0 atom stereocenters. The lowest BCUT2D eigenvalue weighted by atomic mass is 10.2. The maximum absolute atomic E-state index is 5.47. The summed E-state index contributed by atoms with van der Waals surface area (Å²) in [6.45, 7) is 2.11. The number of H-pyrrole nitrogens is 1. The summed E-state index contributed by atoms with van der Waals surface area (Å²) in [4.78, 5) is 6.31. The summed E-state index contributed by atoms with van der Waals surface area (Å²) in [5, 5.41) is 6.71. The molecule has 2 heterocycles. The van der Waals surface area contributed by atoms with Crippen molar-refractivity contribution in [3.8, 4) is 0 Å². The number of aromatic nitrogens is 3. The third-order valence-electron chi connectivity index (χ3n) is 2.38. The quantitative estimate of drug-likeness (QED) is 0.671. The summed E-state index contributed by atoms with van der Waals surface area (Å²) < 4.78 is 0. The third-order valence-corrected chi connectivity index (χ3v) is 2.38. The summed E-state index contributed by atoms with van der Waals surface area (Å²) in [6.07, 6.45) is 5.09. The Morgan fingerprint density at radius 1 is 1.15 bits per heavy atom. The van der Waals surface area contributed by atoms with Crippen molar-refractivity contribution in [3.05, 3.63) is 0 Å². The monoisotopic (exact) mass is 181 g/mol. The molecule has 1 fully saturated rings. The Balaban J connectivity index is 2.06. The van der Waals surface area contributed by atoms with E-state index >= 15 is 0 Å². The molecule has 0 saturated carbocycles. The Morgan fingerprint density at radius 2 is 1.85 bits per heavy atom. The summed E-state index contributed by atoms with van der Waals surface area (Å²) in [5.74, 6) is 1.15. The van der Waals surface area contributed by atoms with E-state index in [4.69, 9.17) is 5.73 Å². The summed E-state index contributed by atoms with van der Waals surface area (Å²) in [5.41, 5.74) is 5.47. The second-order valence-electron chi connectivity index (χ2n) is 3.42. The van der Waals surface area contributed by atoms with Crippen LogP contribution in [0, 0.1) is 0 Å². The van der Waals surface area contributed by atoms with Crippen molar-refractivity contribution in [2.75, 3.05) is 23.7 Å². The van der Waals surface area contributed by atoms with Crippen molar-refractivity contribution in [2.24, 2.45) is 0 Å². The zero-order valence-corrected chi connectivity index (χ0v) is 7.66. The highest BCUT2D eigenvalue weighted by molar-refractivity contribution is 5.33. The zero-order chi connectivity index (χ0) is 9.10. The van der Waals surface area contributed by atoms with E-state index in [1.165, 1.54) is 25.7 Å². The molecule has 72 valence electrons. The van der Waals surface area contributed by atoms with E-state index in [1.54, 1.807) is 0 Å². The van der Waals surface area contributed by atoms with E-state index in [1.807, 2.05) is 0 Å². The van der Waals surface area contributed by atoms with Gasteiger partial charge in [0.15, 0.2) is 0 Å². The SMILES string of the molecule is Nc1nc(N2CCCCCC2)n[nH]1.